The van der Waals surface area contributed by atoms with Crippen LogP contribution in [0.25, 0.3) is 0 Å². The van der Waals surface area contributed by atoms with Crippen molar-refractivity contribution >= 4 is 35.6 Å². The normalized spacial score (nSPS) is 18.5. The minimum atomic E-state index is -1.61. The number of carbonyl (C=O) groups is 6. The molecule has 1 aliphatic heterocycles. The topological polar surface area (TPSA) is 216 Å². The number of aliphatic carboxylic acids is 3. The van der Waals surface area contributed by atoms with E-state index in [-0.39, 0.29) is 25.3 Å². The van der Waals surface area contributed by atoms with Crippen molar-refractivity contribution in [2.75, 3.05) is 6.54 Å². The number of amides is 3. The van der Waals surface area contributed by atoms with Crippen LogP contribution in [0.3, 0.4) is 0 Å². The second-order valence-electron chi connectivity index (χ2n) is 8.08. The van der Waals surface area contributed by atoms with Gasteiger partial charge in [-0.2, -0.15) is 0 Å². The van der Waals surface area contributed by atoms with Crippen molar-refractivity contribution in [1.82, 2.24) is 15.5 Å². The van der Waals surface area contributed by atoms with Crippen molar-refractivity contribution in [3.63, 3.8) is 0 Å². The number of carboxylic acid groups (broad SMARTS) is 3. The van der Waals surface area contributed by atoms with Crippen molar-refractivity contribution in [1.29, 1.82) is 0 Å². The highest BCUT2D eigenvalue weighted by molar-refractivity contribution is 5.96. The first-order valence-electron chi connectivity index (χ1n) is 10.2. The number of nitrogens with one attached hydrogen (secondary N) is 2. The summed E-state index contributed by atoms with van der Waals surface area (Å²) in [6.45, 7) is 3.78. The van der Waals surface area contributed by atoms with Gasteiger partial charge in [0, 0.05) is 6.54 Å². The van der Waals surface area contributed by atoms with Gasteiger partial charge in [0.2, 0.25) is 17.7 Å². The molecule has 0 aromatic rings. The monoisotopic (exact) mass is 458 g/mol. The molecular formula is C19H30N4O9. The summed E-state index contributed by atoms with van der Waals surface area (Å²) < 4.78 is 0. The van der Waals surface area contributed by atoms with Crippen LogP contribution in [-0.2, 0) is 28.8 Å². The molecule has 4 atom stereocenters. The molecule has 0 aliphatic carbocycles. The van der Waals surface area contributed by atoms with Crippen LogP contribution in [0.1, 0.15) is 46.0 Å². The molecular weight excluding hydrogens is 428 g/mol. The van der Waals surface area contributed by atoms with Gasteiger partial charge >= 0.3 is 17.9 Å². The number of rotatable bonds is 12. The summed E-state index contributed by atoms with van der Waals surface area (Å²) in [5.41, 5.74) is 5.45. The maximum atomic E-state index is 13.0. The fraction of sp³-hybridized carbons (Fsp3) is 0.684. The van der Waals surface area contributed by atoms with Crippen molar-refractivity contribution in [3.8, 4) is 0 Å². The highest BCUT2D eigenvalue weighted by Gasteiger charge is 2.38. The van der Waals surface area contributed by atoms with Crippen LogP contribution >= 0.6 is 0 Å². The molecule has 1 fully saturated rings. The molecule has 0 radical (unpaired) electrons. The van der Waals surface area contributed by atoms with Gasteiger partial charge in [-0.15, -0.1) is 0 Å². The molecule has 0 aromatic carbocycles. The third kappa shape index (κ3) is 8.13. The molecule has 0 spiro atoms. The molecule has 1 saturated heterocycles. The Morgan fingerprint density at radius 3 is 2.00 bits per heavy atom. The van der Waals surface area contributed by atoms with Crippen molar-refractivity contribution in [2.24, 2.45) is 11.7 Å². The Bertz CT molecular complexity index is 755. The van der Waals surface area contributed by atoms with Crippen molar-refractivity contribution in [2.45, 2.75) is 70.1 Å². The molecule has 4 unspecified atom stereocenters. The van der Waals surface area contributed by atoms with E-state index in [1.165, 1.54) is 4.90 Å². The predicted molar refractivity (Wildman–Crippen MR) is 108 cm³/mol. The Labute approximate surface area is 184 Å². The third-order valence-corrected chi connectivity index (χ3v) is 4.89. The number of likely N-dealkylation sites (tertiary alicyclic amines) is 1. The summed E-state index contributed by atoms with van der Waals surface area (Å²) in [5, 5.41) is 31.7. The van der Waals surface area contributed by atoms with Gasteiger partial charge in [-0.3, -0.25) is 24.0 Å². The van der Waals surface area contributed by atoms with Crippen molar-refractivity contribution in [3.05, 3.63) is 0 Å². The van der Waals surface area contributed by atoms with E-state index >= 15 is 0 Å². The van der Waals surface area contributed by atoms with Crippen LogP contribution in [0.2, 0.25) is 0 Å². The first kappa shape index (κ1) is 26.8. The molecule has 1 heterocycles. The van der Waals surface area contributed by atoms with Gasteiger partial charge in [-0.05, 0) is 25.2 Å². The second-order valence-corrected chi connectivity index (χ2v) is 8.08. The van der Waals surface area contributed by atoms with E-state index in [0.717, 1.165) is 0 Å². The lowest BCUT2D eigenvalue weighted by Gasteiger charge is -2.29. The number of nitrogens with zero attached hydrogens (tertiary/aromatic N) is 1. The summed E-state index contributed by atoms with van der Waals surface area (Å²) in [5.74, 6) is -6.64. The Morgan fingerprint density at radius 2 is 1.50 bits per heavy atom. The van der Waals surface area contributed by atoms with Gasteiger partial charge in [-0.25, -0.2) is 4.79 Å². The minimum absolute atomic E-state index is 0.0772. The lowest BCUT2D eigenvalue weighted by molar-refractivity contribution is -0.150. The van der Waals surface area contributed by atoms with Crippen LogP contribution in [0.5, 0.6) is 0 Å². The maximum absolute atomic E-state index is 13.0. The second kappa shape index (κ2) is 12.0. The van der Waals surface area contributed by atoms with Crippen LogP contribution in [0.4, 0.5) is 0 Å². The average molecular weight is 458 g/mol. The zero-order chi connectivity index (χ0) is 24.6. The summed E-state index contributed by atoms with van der Waals surface area (Å²) >= 11 is 0. The van der Waals surface area contributed by atoms with E-state index in [9.17, 15) is 33.9 Å². The molecule has 0 aromatic heterocycles. The largest absolute Gasteiger partial charge is 0.481 e. The number of carboxylic acids is 3. The van der Waals surface area contributed by atoms with E-state index in [1.807, 2.05) is 0 Å². The lowest BCUT2D eigenvalue weighted by Crippen LogP contribution is -2.57. The summed E-state index contributed by atoms with van der Waals surface area (Å²) in [7, 11) is 0. The lowest BCUT2D eigenvalue weighted by atomic mass is 10.0. The molecule has 180 valence electrons. The van der Waals surface area contributed by atoms with E-state index < -0.39 is 72.6 Å². The third-order valence-electron chi connectivity index (χ3n) is 4.89. The molecule has 13 nitrogen and oxygen atoms in total. The van der Waals surface area contributed by atoms with E-state index in [0.29, 0.717) is 6.42 Å². The highest BCUT2D eigenvalue weighted by atomic mass is 16.4. The smallest absolute Gasteiger partial charge is 0.326 e. The quantitative estimate of drug-likeness (QED) is 0.196. The van der Waals surface area contributed by atoms with Crippen LogP contribution in [-0.4, -0.2) is 86.6 Å². The van der Waals surface area contributed by atoms with Gasteiger partial charge in [0.25, 0.3) is 0 Å². The number of carbonyl (C=O) groups excluding carboxylic acids is 3. The molecule has 32 heavy (non-hydrogen) atoms. The molecule has 0 saturated carbocycles. The Balaban J connectivity index is 3.01. The number of hydrogen-bond donors (Lipinski definition) is 6. The molecule has 7 N–H and O–H groups in total. The van der Waals surface area contributed by atoms with Crippen LogP contribution in [0.15, 0.2) is 0 Å². The Kier molecular flexibility index (Phi) is 10.0. The molecule has 0 bridgehead atoms. The Morgan fingerprint density at radius 1 is 0.938 bits per heavy atom. The molecule has 1 aliphatic rings. The predicted octanol–water partition coefficient (Wildman–Crippen LogP) is -1.65. The van der Waals surface area contributed by atoms with Gasteiger partial charge in [0.05, 0.1) is 18.9 Å². The zero-order valence-corrected chi connectivity index (χ0v) is 17.9. The van der Waals surface area contributed by atoms with Gasteiger partial charge in [-0.1, -0.05) is 13.8 Å². The standard InChI is InChI=1S/C19H30N4O9/c1-9(2)6-12(18(30)23-5-3-4-13(23)19(31)32)22-17(29)11(8-15(26)27)21-16(28)10(20)7-14(24)25/h9-13H,3-8,20H2,1-2H3,(H,21,28)(H,22,29)(H,24,25)(H,26,27)(H,31,32). The Hall–Kier alpha value is -3.22. The van der Waals surface area contributed by atoms with Crippen molar-refractivity contribution < 1.29 is 44.1 Å². The number of hydrogen-bond acceptors (Lipinski definition) is 7. The fourth-order valence-corrected chi connectivity index (χ4v) is 3.40. The summed E-state index contributed by atoms with van der Waals surface area (Å²) in [4.78, 5) is 72.3. The van der Waals surface area contributed by atoms with Crippen LogP contribution < -0.4 is 16.4 Å². The average Bonchev–Trinajstić information content (AvgIpc) is 3.15. The first-order valence-corrected chi connectivity index (χ1v) is 10.2. The number of nitrogens with two attached hydrogens (primary N) is 1. The molecule has 13 heteroatoms. The SMILES string of the molecule is CC(C)CC(NC(=O)C(CC(=O)O)NC(=O)C(N)CC(=O)O)C(=O)N1CCCC1C(=O)O. The van der Waals surface area contributed by atoms with E-state index in [4.69, 9.17) is 15.9 Å². The highest BCUT2D eigenvalue weighted by Crippen LogP contribution is 2.20. The van der Waals surface area contributed by atoms with Crippen LogP contribution in [0, 0.1) is 5.92 Å². The molecule has 3 amide bonds. The molecule has 1 rings (SSSR count). The fourth-order valence-electron chi connectivity index (χ4n) is 3.40. The van der Waals surface area contributed by atoms with Gasteiger partial charge in [0.1, 0.15) is 18.1 Å². The van der Waals surface area contributed by atoms with E-state index in [2.05, 4.69) is 10.6 Å². The van der Waals surface area contributed by atoms with Gasteiger partial charge < -0.3 is 36.6 Å². The summed E-state index contributed by atoms with van der Waals surface area (Å²) in [6.07, 6.45) is -0.638. The van der Waals surface area contributed by atoms with Gasteiger partial charge in [0.15, 0.2) is 0 Å². The first-order chi connectivity index (χ1) is 14.8. The minimum Gasteiger partial charge on any atom is -0.481 e. The maximum Gasteiger partial charge on any atom is 0.326 e. The zero-order valence-electron chi connectivity index (χ0n) is 17.9. The van der Waals surface area contributed by atoms with E-state index in [1.54, 1.807) is 13.8 Å². The summed E-state index contributed by atoms with van der Waals surface area (Å²) in [6, 6.07) is -5.28.